The van der Waals surface area contributed by atoms with Crippen molar-refractivity contribution >= 4 is 11.9 Å². The first kappa shape index (κ1) is 13.1. The van der Waals surface area contributed by atoms with Gasteiger partial charge in [0.15, 0.2) is 6.21 Å². The summed E-state index contributed by atoms with van der Waals surface area (Å²) in [5.41, 5.74) is 3.83. The molecule has 2 nitrogen and oxygen atoms in total. The largest absolute Gasteiger partial charge is 0.618 e. The first-order valence-corrected chi connectivity index (χ1v) is 6.85. The quantitative estimate of drug-likeness (QED) is 0.296. The monoisotopic (exact) mass is 273 g/mol. The fourth-order valence-electron chi connectivity index (χ4n) is 2.18. The lowest BCUT2D eigenvalue weighted by Gasteiger charge is -2.04. The second-order valence-electron chi connectivity index (χ2n) is 4.78. The van der Waals surface area contributed by atoms with Crippen molar-refractivity contribution in [3.63, 3.8) is 0 Å². The molecule has 0 aliphatic carbocycles. The summed E-state index contributed by atoms with van der Waals surface area (Å²) in [5.74, 6) is 0. The van der Waals surface area contributed by atoms with E-state index in [1.54, 1.807) is 18.3 Å². The molecule has 0 aromatic heterocycles. The van der Waals surface area contributed by atoms with E-state index in [4.69, 9.17) is 0 Å². The Labute approximate surface area is 124 Å². The highest BCUT2D eigenvalue weighted by molar-refractivity contribution is 5.78. The third-order valence-electron chi connectivity index (χ3n) is 3.29. The van der Waals surface area contributed by atoms with Gasteiger partial charge in [0.2, 0.25) is 5.69 Å². The maximum atomic E-state index is 12.0. The van der Waals surface area contributed by atoms with E-state index >= 15 is 0 Å². The summed E-state index contributed by atoms with van der Waals surface area (Å²) < 4.78 is 0.886. The minimum absolute atomic E-state index is 0.629. The Kier molecular flexibility index (Phi) is 3.79. The molecule has 0 spiro atoms. The van der Waals surface area contributed by atoms with E-state index in [1.165, 1.54) is 5.56 Å². The lowest BCUT2D eigenvalue weighted by molar-refractivity contribution is -0.354. The lowest BCUT2D eigenvalue weighted by atomic mass is 10.0. The average Bonchev–Trinajstić information content (AvgIpc) is 2.57. The van der Waals surface area contributed by atoms with Crippen molar-refractivity contribution in [3.8, 4) is 11.1 Å². The Balaban J connectivity index is 1.85. The van der Waals surface area contributed by atoms with Crippen LogP contribution in [0.4, 0.5) is 5.69 Å². The average molecular weight is 273 g/mol. The number of hydrogen-bond donors (Lipinski definition) is 0. The molecule has 0 atom stereocenters. The van der Waals surface area contributed by atoms with Gasteiger partial charge in [-0.05, 0) is 23.3 Å². The summed E-state index contributed by atoms with van der Waals surface area (Å²) in [5, 5.41) is 12.0. The van der Waals surface area contributed by atoms with Gasteiger partial charge in [-0.3, -0.25) is 0 Å². The number of hydrogen-bond acceptors (Lipinski definition) is 1. The van der Waals surface area contributed by atoms with Crippen LogP contribution in [0, 0.1) is 5.21 Å². The molecule has 0 amide bonds. The topological polar surface area (TPSA) is 26.1 Å². The fraction of sp³-hybridized carbons (Fsp3) is 0. The summed E-state index contributed by atoms with van der Waals surface area (Å²) in [6.45, 7) is 0. The minimum Gasteiger partial charge on any atom is -0.618 e. The van der Waals surface area contributed by atoms with E-state index in [9.17, 15) is 5.21 Å². The molecule has 21 heavy (non-hydrogen) atoms. The second kappa shape index (κ2) is 6.06. The SMILES string of the molecule is [O-]/[N+](=C/c1ccc(-c2ccccc2)cc1)c1ccccc1. The number of benzene rings is 3. The van der Waals surface area contributed by atoms with Crippen LogP contribution in [0.5, 0.6) is 0 Å². The molecule has 2 heteroatoms. The van der Waals surface area contributed by atoms with Crippen molar-refractivity contribution in [2.24, 2.45) is 0 Å². The molecule has 0 bridgehead atoms. The highest BCUT2D eigenvalue weighted by Crippen LogP contribution is 2.19. The first-order chi connectivity index (χ1) is 10.3. The normalized spacial score (nSPS) is 11.3. The molecule has 0 radical (unpaired) electrons. The Hall–Kier alpha value is -2.87. The summed E-state index contributed by atoms with van der Waals surface area (Å²) in [4.78, 5) is 0. The zero-order valence-electron chi connectivity index (χ0n) is 11.5. The molecular formula is C19H15NO. The maximum absolute atomic E-state index is 12.0. The van der Waals surface area contributed by atoms with Crippen molar-refractivity contribution in [2.45, 2.75) is 0 Å². The smallest absolute Gasteiger partial charge is 0.216 e. The van der Waals surface area contributed by atoms with Gasteiger partial charge in [0.05, 0.1) is 0 Å². The fourth-order valence-corrected chi connectivity index (χ4v) is 2.18. The van der Waals surface area contributed by atoms with Crippen LogP contribution < -0.4 is 0 Å². The summed E-state index contributed by atoms with van der Waals surface area (Å²) in [6.07, 6.45) is 1.59. The molecule has 0 aliphatic heterocycles. The predicted molar refractivity (Wildman–Crippen MR) is 86.8 cm³/mol. The predicted octanol–water partition coefficient (Wildman–Crippen LogP) is 4.61. The zero-order valence-corrected chi connectivity index (χ0v) is 11.5. The standard InChI is InChI=1S/C19H15NO/c21-20(19-9-5-2-6-10-19)15-16-11-13-18(14-12-16)17-7-3-1-4-8-17/h1-15H/b20-15+. The van der Waals surface area contributed by atoms with Gasteiger partial charge >= 0.3 is 0 Å². The minimum atomic E-state index is 0.629. The van der Waals surface area contributed by atoms with Crippen molar-refractivity contribution < 1.29 is 4.74 Å². The van der Waals surface area contributed by atoms with E-state index in [0.29, 0.717) is 5.69 Å². The van der Waals surface area contributed by atoms with Crippen molar-refractivity contribution in [3.05, 3.63) is 95.7 Å². The molecule has 3 rings (SSSR count). The van der Waals surface area contributed by atoms with Crippen LogP contribution in [0.25, 0.3) is 11.1 Å². The van der Waals surface area contributed by atoms with Gasteiger partial charge < -0.3 is 5.21 Å². The maximum Gasteiger partial charge on any atom is 0.216 e. The molecule has 0 N–H and O–H groups in total. The van der Waals surface area contributed by atoms with E-state index in [2.05, 4.69) is 12.1 Å². The van der Waals surface area contributed by atoms with Crippen LogP contribution in [0.15, 0.2) is 84.9 Å². The van der Waals surface area contributed by atoms with Crippen LogP contribution >= 0.6 is 0 Å². The molecule has 3 aromatic carbocycles. The molecule has 0 unspecified atom stereocenters. The first-order valence-electron chi connectivity index (χ1n) is 6.85. The highest BCUT2D eigenvalue weighted by Gasteiger charge is 2.01. The van der Waals surface area contributed by atoms with Gasteiger partial charge in [-0.25, -0.2) is 0 Å². The zero-order chi connectivity index (χ0) is 14.5. The molecule has 0 fully saturated rings. The highest BCUT2D eigenvalue weighted by atomic mass is 16.5. The molecule has 0 saturated carbocycles. The summed E-state index contributed by atoms with van der Waals surface area (Å²) in [6, 6.07) is 27.3. The third-order valence-corrected chi connectivity index (χ3v) is 3.29. The van der Waals surface area contributed by atoms with E-state index in [-0.39, 0.29) is 0 Å². The van der Waals surface area contributed by atoms with Crippen LogP contribution in [0.2, 0.25) is 0 Å². The van der Waals surface area contributed by atoms with Crippen LogP contribution in [0.1, 0.15) is 5.56 Å². The van der Waals surface area contributed by atoms with Crippen molar-refractivity contribution in [2.75, 3.05) is 0 Å². The molecule has 102 valence electrons. The Morgan fingerprint density at radius 2 is 1.14 bits per heavy atom. The Morgan fingerprint density at radius 1 is 0.619 bits per heavy atom. The number of para-hydroxylation sites is 1. The van der Waals surface area contributed by atoms with Gasteiger partial charge in [0.1, 0.15) is 0 Å². The molecule has 3 aromatic rings. The van der Waals surface area contributed by atoms with Crippen LogP contribution in [-0.2, 0) is 0 Å². The lowest BCUT2D eigenvalue weighted by Crippen LogP contribution is -1.98. The van der Waals surface area contributed by atoms with Gasteiger partial charge in [0, 0.05) is 17.7 Å². The molecule has 0 heterocycles. The van der Waals surface area contributed by atoms with E-state index < -0.39 is 0 Å². The van der Waals surface area contributed by atoms with E-state index in [0.717, 1.165) is 15.9 Å². The molecular weight excluding hydrogens is 258 g/mol. The van der Waals surface area contributed by atoms with Crippen LogP contribution in [0.3, 0.4) is 0 Å². The van der Waals surface area contributed by atoms with Crippen LogP contribution in [-0.4, -0.2) is 11.0 Å². The Bertz CT molecular complexity index is 732. The molecule has 0 saturated heterocycles. The van der Waals surface area contributed by atoms with Gasteiger partial charge in [0.25, 0.3) is 0 Å². The summed E-state index contributed by atoms with van der Waals surface area (Å²) in [7, 11) is 0. The Morgan fingerprint density at radius 3 is 1.76 bits per heavy atom. The number of rotatable bonds is 3. The van der Waals surface area contributed by atoms with Gasteiger partial charge in [-0.1, -0.05) is 60.7 Å². The van der Waals surface area contributed by atoms with Crippen molar-refractivity contribution in [1.82, 2.24) is 0 Å². The summed E-state index contributed by atoms with van der Waals surface area (Å²) >= 11 is 0. The van der Waals surface area contributed by atoms with Crippen molar-refractivity contribution in [1.29, 1.82) is 0 Å². The second-order valence-corrected chi connectivity index (χ2v) is 4.78. The van der Waals surface area contributed by atoms with Gasteiger partial charge in [-0.15, -0.1) is 0 Å². The number of nitrogens with zero attached hydrogens (tertiary/aromatic N) is 1. The van der Waals surface area contributed by atoms with E-state index in [1.807, 2.05) is 60.7 Å². The third kappa shape index (κ3) is 3.18. The van der Waals surface area contributed by atoms with Gasteiger partial charge in [-0.2, -0.15) is 4.74 Å². The molecule has 0 aliphatic rings.